The molecule has 3 N–H and O–H groups in total. The number of fused-ring (bicyclic) bond motifs is 1. The number of nitrogens with zero attached hydrogens (tertiary/aromatic N) is 1. The van der Waals surface area contributed by atoms with Gasteiger partial charge in [0.25, 0.3) is 0 Å². The molecule has 0 radical (unpaired) electrons. The smallest absolute Gasteiger partial charge is 0.227 e. The third kappa shape index (κ3) is 4.32. The van der Waals surface area contributed by atoms with Crippen LogP contribution in [0.15, 0.2) is 17.2 Å². The van der Waals surface area contributed by atoms with Crippen LogP contribution in [-0.2, 0) is 18.2 Å². The van der Waals surface area contributed by atoms with Gasteiger partial charge in [0.05, 0.1) is 5.52 Å². The zero-order valence-electron chi connectivity index (χ0n) is 17.0. The van der Waals surface area contributed by atoms with E-state index < -0.39 is 0 Å². The number of aromatic amines is 1. The highest BCUT2D eigenvalue weighted by Gasteiger charge is 2.31. The maximum atomic E-state index is 10.6. The van der Waals surface area contributed by atoms with Crippen molar-refractivity contribution >= 4 is 28.4 Å². The Morgan fingerprint density at radius 1 is 1.08 bits per heavy atom. The Kier molecular flexibility index (Phi) is 5.24. The predicted molar refractivity (Wildman–Crippen MR) is 115 cm³/mol. The first-order chi connectivity index (χ1) is 12.1. The van der Waals surface area contributed by atoms with Crippen LogP contribution in [0, 0.1) is 5.41 Å². The summed E-state index contributed by atoms with van der Waals surface area (Å²) in [5.41, 5.74) is 3.68. The minimum Gasteiger partial charge on any atom is -0.506 e. The quantitative estimate of drug-likeness (QED) is 0.563. The monoisotopic (exact) mass is 376 g/mol. The third-order valence-electron chi connectivity index (χ3n) is 4.60. The number of hydrogen-bond acceptors (Lipinski definition) is 3. The first-order valence-electron chi connectivity index (χ1n) is 9.60. The van der Waals surface area contributed by atoms with E-state index in [1.807, 2.05) is 6.07 Å². The zero-order valence-corrected chi connectivity index (χ0v) is 17.9. The van der Waals surface area contributed by atoms with Gasteiger partial charge >= 0.3 is 0 Å². The van der Waals surface area contributed by atoms with Crippen LogP contribution in [0.4, 0.5) is 5.69 Å². The molecule has 0 spiro atoms. The molecule has 1 saturated heterocycles. The van der Waals surface area contributed by atoms with Crippen LogP contribution in [0.3, 0.4) is 0 Å². The summed E-state index contributed by atoms with van der Waals surface area (Å²) in [5.74, 6) is 0.377. The maximum Gasteiger partial charge on any atom is 0.227 e. The highest BCUT2D eigenvalue weighted by Crippen LogP contribution is 2.40. The summed E-state index contributed by atoms with van der Waals surface area (Å²) in [5, 5.41) is 16.6. The summed E-state index contributed by atoms with van der Waals surface area (Å²) in [6.07, 6.45) is 1.02. The molecule has 0 saturated carbocycles. The van der Waals surface area contributed by atoms with Crippen LogP contribution >= 0.6 is 0 Å². The average Bonchev–Trinajstić information content (AvgIpc) is 2.82. The number of H-pyrrole nitrogens is 1. The van der Waals surface area contributed by atoms with Crippen LogP contribution in [0.25, 0.3) is 10.9 Å². The molecule has 0 amide bonds. The van der Waals surface area contributed by atoms with E-state index in [2.05, 4.69) is 62.8 Å². The lowest BCUT2D eigenvalue weighted by Crippen LogP contribution is -2.43. The van der Waals surface area contributed by atoms with E-state index in [1.54, 1.807) is 0 Å². The molecule has 2 aromatic rings. The molecule has 1 aliphatic rings. The highest BCUT2D eigenvalue weighted by molar-refractivity contribution is 7.80. The Labute approximate surface area is 161 Å². The summed E-state index contributed by atoms with van der Waals surface area (Å²) in [7, 11) is 0. The first-order valence-corrected chi connectivity index (χ1v) is 10.5. The van der Waals surface area contributed by atoms with Gasteiger partial charge in [0, 0.05) is 48.9 Å². The van der Waals surface area contributed by atoms with Crippen molar-refractivity contribution in [3.63, 3.8) is 0 Å². The predicted octanol–water partition coefficient (Wildman–Crippen LogP) is 3.84. The molecule has 2 heterocycles. The molecule has 1 aromatic carbocycles. The molecule has 5 heteroatoms. The van der Waals surface area contributed by atoms with E-state index in [4.69, 9.17) is 0 Å². The Balaban J connectivity index is 2.17. The molecule has 26 heavy (non-hydrogen) atoms. The van der Waals surface area contributed by atoms with Crippen molar-refractivity contribution in [2.75, 3.05) is 31.1 Å². The fourth-order valence-corrected chi connectivity index (χ4v) is 4.80. The van der Waals surface area contributed by atoms with Gasteiger partial charge in [-0.05, 0) is 44.7 Å². The number of nitrogens with one attached hydrogen (secondary N) is 2. The number of phenolic OH excluding ortho intramolecular Hbond substituents is 1. The molecular weight excluding hydrogens is 342 g/mol. The number of rotatable bonds is 3. The van der Waals surface area contributed by atoms with Crippen LogP contribution < -0.4 is 10.2 Å². The summed E-state index contributed by atoms with van der Waals surface area (Å²) in [4.78, 5) is 6.02. The summed E-state index contributed by atoms with van der Waals surface area (Å²) >= 11 is 1.30. The summed E-state index contributed by atoms with van der Waals surface area (Å²) in [6.45, 7) is 17.5. The van der Waals surface area contributed by atoms with Crippen molar-refractivity contribution in [1.29, 1.82) is 0 Å². The van der Waals surface area contributed by atoms with E-state index in [-0.39, 0.29) is 10.2 Å². The molecule has 1 aromatic heterocycles. The summed E-state index contributed by atoms with van der Waals surface area (Å²) < 4.78 is 0.185. The third-order valence-corrected chi connectivity index (χ3v) is 5.87. The number of piperazine rings is 1. The number of anilines is 1. The van der Waals surface area contributed by atoms with Gasteiger partial charge in [-0.25, -0.2) is 0 Å². The minimum absolute atomic E-state index is 0.185. The van der Waals surface area contributed by atoms with Crippen molar-refractivity contribution in [2.45, 2.75) is 57.7 Å². The standard InChI is InChI=1S/C21H33N3OS/c1-20(2,3)13-15-14-7-8-16(25)18(24-11-9-22-10-12-24)17(14)23-19(15)26-21(4,5)6/h7-8,22-23,25H,9-13H2,1-6H3/p+1. The lowest BCUT2D eigenvalue weighted by Gasteiger charge is -2.30. The van der Waals surface area contributed by atoms with Gasteiger partial charge in [-0.1, -0.05) is 20.8 Å². The minimum atomic E-state index is 0.185. The van der Waals surface area contributed by atoms with Crippen molar-refractivity contribution in [3.8, 4) is 5.75 Å². The Morgan fingerprint density at radius 2 is 1.73 bits per heavy atom. The largest absolute Gasteiger partial charge is 0.506 e. The van der Waals surface area contributed by atoms with Gasteiger partial charge in [-0.3, -0.25) is 0 Å². The number of aromatic nitrogens is 1. The second kappa shape index (κ2) is 7.01. The first kappa shape index (κ1) is 19.4. The number of hydrogen-bond donors (Lipinski definition) is 3. The lowest BCUT2D eigenvalue weighted by molar-refractivity contribution is 0.409. The van der Waals surface area contributed by atoms with Crippen LogP contribution in [0.5, 0.6) is 5.75 Å². The van der Waals surface area contributed by atoms with Gasteiger partial charge in [-0.15, -0.1) is 0 Å². The molecule has 0 unspecified atom stereocenters. The Morgan fingerprint density at radius 3 is 2.31 bits per heavy atom. The SMILES string of the molecule is CC(C)(C)Cc1c([SH+]C(C)(C)C)[nH]c2c(N3CCNCC3)c(O)ccc12. The molecule has 0 atom stereocenters. The normalized spacial score (nSPS) is 16.5. The van der Waals surface area contributed by atoms with Crippen molar-refractivity contribution < 1.29 is 5.11 Å². The van der Waals surface area contributed by atoms with Crippen molar-refractivity contribution in [2.24, 2.45) is 5.41 Å². The van der Waals surface area contributed by atoms with Gasteiger partial charge < -0.3 is 20.3 Å². The van der Waals surface area contributed by atoms with E-state index in [0.29, 0.717) is 5.75 Å². The molecular formula is C21H34N3OS+. The molecule has 0 aliphatic carbocycles. The fraction of sp³-hybridized carbons (Fsp3) is 0.619. The molecule has 4 nitrogen and oxygen atoms in total. The highest BCUT2D eigenvalue weighted by atomic mass is 32.2. The Bertz CT molecular complexity index is 777. The number of benzene rings is 1. The van der Waals surface area contributed by atoms with E-state index in [0.717, 1.165) is 43.8 Å². The van der Waals surface area contributed by atoms with Crippen LogP contribution in [0.1, 0.15) is 47.1 Å². The topological polar surface area (TPSA) is 51.3 Å². The molecule has 1 fully saturated rings. The van der Waals surface area contributed by atoms with Crippen molar-refractivity contribution in [3.05, 3.63) is 17.7 Å². The van der Waals surface area contributed by atoms with Gasteiger partial charge in [0.2, 0.25) is 5.03 Å². The zero-order chi connectivity index (χ0) is 19.1. The number of phenols is 1. The van der Waals surface area contributed by atoms with Crippen LogP contribution in [0.2, 0.25) is 0 Å². The molecule has 0 bridgehead atoms. The molecule has 1 aliphatic heterocycles. The van der Waals surface area contributed by atoms with Gasteiger partial charge in [0.15, 0.2) is 0 Å². The second-order valence-corrected chi connectivity index (χ2v) is 11.6. The average molecular weight is 377 g/mol. The molecule has 3 rings (SSSR count). The van der Waals surface area contributed by atoms with Crippen LogP contribution in [-0.4, -0.2) is 41.0 Å². The van der Waals surface area contributed by atoms with E-state index in [1.165, 1.54) is 27.7 Å². The fourth-order valence-electron chi connectivity index (χ4n) is 3.63. The maximum absolute atomic E-state index is 10.6. The summed E-state index contributed by atoms with van der Waals surface area (Å²) in [6, 6.07) is 3.97. The van der Waals surface area contributed by atoms with Gasteiger partial charge in [0.1, 0.15) is 16.2 Å². The van der Waals surface area contributed by atoms with E-state index in [9.17, 15) is 5.11 Å². The number of aromatic hydroxyl groups is 1. The van der Waals surface area contributed by atoms with E-state index >= 15 is 0 Å². The number of thiol groups is 1. The Hall–Kier alpha value is -1.33. The van der Waals surface area contributed by atoms with Crippen molar-refractivity contribution in [1.82, 2.24) is 10.3 Å². The second-order valence-electron chi connectivity index (χ2n) is 9.57. The lowest BCUT2D eigenvalue weighted by atomic mass is 9.88. The van der Waals surface area contributed by atoms with Gasteiger partial charge in [-0.2, -0.15) is 0 Å². The molecule has 144 valence electrons.